The van der Waals surface area contributed by atoms with E-state index in [0.29, 0.717) is 18.1 Å². The number of ether oxygens (including phenoxy) is 1. The Morgan fingerprint density at radius 3 is 2.27 bits per heavy atom. The molecule has 0 unspecified atom stereocenters. The molecular formula is C36H59N5O3. The lowest BCUT2D eigenvalue weighted by Crippen LogP contribution is -2.43. The number of carbonyl (C=O) groups is 2. The second-order valence-electron chi connectivity index (χ2n) is 11.1. The molecule has 2 fully saturated rings. The Bertz CT molecular complexity index is 1180. The summed E-state index contributed by atoms with van der Waals surface area (Å²) in [6.45, 7) is 14.2. The van der Waals surface area contributed by atoms with Crippen LogP contribution < -0.4 is 10.5 Å². The number of piperidine rings is 1. The zero-order valence-corrected chi connectivity index (χ0v) is 28.4. The minimum absolute atomic E-state index is 0.364. The molecular weight excluding hydrogens is 550 g/mol. The molecule has 246 valence electrons. The lowest BCUT2D eigenvalue weighted by Gasteiger charge is -2.47. The van der Waals surface area contributed by atoms with Gasteiger partial charge in [-0.05, 0) is 82.8 Å². The van der Waals surface area contributed by atoms with Crippen molar-refractivity contribution in [2.75, 3.05) is 33.8 Å². The topological polar surface area (TPSA) is 114 Å². The van der Waals surface area contributed by atoms with Gasteiger partial charge in [0.15, 0.2) is 0 Å². The third-order valence-corrected chi connectivity index (χ3v) is 8.59. The SMILES string of the molecule is C=O.CC.CCC(=O)CCCCCCc1ncc(-c2cc3ccccc3nc2OC)[nH]1.CCN1CCC2(CCC2)CC1.CN. The first-order valence-corrected chi connectivity index (χ1v) is 16.6. The van der Waals surface area contributed by atoms with Crippen LogP contribution in [0.1, 0.15) is 104 Å². The van der Waals surface area contributed by atoms with Crippen LogP contribution in [0.5, 0.6) is 5.88 Å². The third-order valence-electron chi connectivity index (χ3n) is 8.59. The van der Waals surface area contributed by atoms with Crippen molar-refractivity contribution in [2.24, 2.45) is 11.1 Å². The first-order valence-electron chi connectivity index (χ1n) is 16.6. The molecule has 2 aromatic heterocycles. The van der Waals surface area contributed by atoms with Gasteiger partial charge in [-0.3, -0.25) is 4.79 Å². The number of Topliss-reactive ketones (excluding diaryl/α,β-unsaturated/α-hetero) is 1. The molecule has 1 aliphatic carbocycles. The standard InChI is InChI=1S/C22H27N3O2.C10H19N.C2H6.CH5N.CH2O/c1-3-17(26)11-6-4-5-7-13-21-23-15-20(24-21)18-14-16-10-8-9-12-19(16)25-22(18)27-2;1-2-11-8-6-10(7-9-11)4-3-5-10;3*1-2/h8-10,12,14-15H,3-7,11,13H2,1-2H3,(H,23,24);2-9H2,1H3;1-2H3;2H2,1H3;1H2. The molecule has 5 rings (SSSR count). The number of likely N-dealkylation sites (tertiary alicyclic amines) is 1. The number of methoxy groups -OCH3 is 1. The smallest absolute Gasteiger partial charge is 0.223 e. The summed E-state index contributed by atoms with van der Waals surface area (Å²) in [7, 11) is 3.14. The van der Waals surface area contributed by atoms with Gasteiger partial charge < -0.3 is 25.1 Å². The monoisotopic (exact) mass is 609 g/mol. The van der Waals surface area contributed by atoms with E-state index in [9.17, 15) is 4.79 Å². The van der Waals surface area contributed by atoms with E-state index in [4.69, 9.17) is 9.53 Å². The van der Waals surface area contributed by atoms with E-state index in [0.717, 1.165) is 71.9 Å². The molecule has 0 amide bonds. The molecule has 1 saturated heterocycles. The van der Waals surface area contributed by atoms with Crippen LogP contribution >= 0.6 is 0 Å². The third kappa shape index (κ3) is 12.1. The number of aromatic nitrogens is 3. The molecule has 3 N–H and O–H groups in total. The van der Waals surface area contributed by atoms with Crippen LogP contribution in [0.25, 0.3) is 22.2 Å². The number of H-pyrrole nitrogens is 1. The molecule has 0 bridgehead atoms. The van der Waals surface area contributed by atoms with E-state index in [2.05, 4.69) is 38.6 Å². The molecule has 0 radical (unpaired) electrons. The van der Waals surface area contributed by atoms with Crippen LogP contribution in [0.4, 0.5) is 0 Å². The molecule has 0 atom stereocenters. The number of aryl methyl sites for hydroxylation is 1. The highest BCUT2D eigenvalue weighted by Gasteiger charge is 2.38. The molecule has 3 aromatic rings. The van der Waals surface area contributed by atoms with Crippen molar-refractivity contribution in [3.05, 3.63) is 42.4 Å². The number of carbonyl (C=O) groups excluding carboxylic acids is 2. The van der Waals surface area contributed by atoms with Gasteiger partial charge in [0.1, 0.15) is 18.4 Å². The number of ketones is 1. The van der Waals surface area contributed by atoms with Crippen LogP contribution in [-0.2, 0) is 16.0 Å². The van der Waals surface area contributed by atoms with Gasteiger partial charge in [-0.1, -0.05) is 65.2 Å². The summed E-state index contributed by atoms with van der Waals surface area (Å²) >= 11 is 0. The molecule has 1 saturated carbocycles. The lowest BCUT2D eigenvalue weighted by molar-refractivity contribution is -0.118. The van der Waals surface area contributed by atoms with Gasteiger partial charge in [-0.25, -0.2) is 9.97 Å². The number of rotatable bonds is 11. The predicted molar refractivity (Wildman–Crippen MR) is 184 cm³/mol. The lowest BCUT2D eigenvalue weighted by atomic mass is 9.63. The van der Waals surface area contributed by atoms with Crippen molar-refractivity contribution < 1.29 is 14.3 Å². The molecule has 1 aliphatic heterocycles. The molecule has 2 aliphatic rings. The maximum absolute atomic E-state index is 11.3. The van der Waals surface area contributed by atoms with Gasteiger partial charge in [0, 0.05) is 24.6 Å². The van der Waals surface area contributed by atoms with Crippen LogP contribution in [-0.4, -0.2) is 66.2 Å². The molecule has 44 heavy (non-hydrogen) atoms. The van der Waals surface area contributed by atoms with E-state index in [1.807, 2.05) is 58.0 Å². The largest absolute Gasteiger partial charge is 0.480 e. The number of nitrogens with zero attached hydrogens (tertiary/aromatic N) is 3. The second-order valence-corrected chi connectivity index (χ2v) is 11.1. The Balaban J connectivity index is 0.000000471. The maximum atomic E-state index is 11.3. The number of fused-ring (bicyclic) bond motifs is 1. The van der Waals surface area contributed by atoms with E-state index in [-0.39, 0.29) is 0 Å². The Morgan fingerprint density at radius 2 is 1.68 bits per heavy atom. The summed E-state index contributed by atoms with van der Waals surface area (Å²) in [6.07, 6.45) is 16.0. The number of hydrogen-bond donors (Lipinski definition) is 2. The predicted octanol–water partition coefficient (Wildman–Crippen LogP) is 7.79. The Labute approximate surface area is 266 Å². The summed E-state index contributed by atoms with van der Waals surface area (Å²) in [6, 6.07) is 10.1. The van der Waals surface area contributed by atoms with Crippen molar-refractivity contribution in [1.82, 2.24) is 19.9 Å². The number of nitrogens with two attached hydrogens (primary N) is 1. The van der Waals surface area contributed by atoms with Gasteiger partial charge in [0.05, 0.1) is 30.1 Å². The van der Waals surface area contributed by atoms with Crippen LogP contribution in [0.15, 0.2) is 36.5 Å². The Kier molecular flexibility index (Phi) is 19.8. The van der Waals surface area contributed by atoms with Gasteiger partial charge >= 0.3 is 0 Å². The van der Waals surface area contributed by atoms with Gasteiger partial charge in [-0.15, -0.1) is 0 Å². The molecule has 8 nitrogen and oxygen atoms in total. The van der Waals surface area contributed by atoms with Crippen molar-refractivity contribution in [1.29, 1.82) is 0 Å². The quantitative estimate of drug-likeness (QED) is 0.213. The second kappa shape index (κ2) is 22.4. The van der Waals surface area contributed by atoms with E-state index >= 15 is 0 Å². The number of unbranched alkanes of at least 4 members (excludes halogenated alkanes) is 3. The highest BCUT2D eigenvalue weighted by atomic mass is 16.5. The number of hydrogen-bond acceptors (Lipinski definition) is 7. The summed E-state index contributed by atoms with van der Waals surface area (Å²) in [5, 5.41) is 1.08. The minimum Gasteiger partial charge on any atom is -0.480 e. The van der Waals surface area contributed by atoms with E-state index in [1.54, 1.807) is 7.11 Å². The summed E-state index contributed by atoms with van der Waals surface area (Å²) in [5.74, 6) is 1.94. The maximum Gasteiger partial charge on any atom is 0.223 e. The molecule has 1 spiro atoms. The average Bonchev–Trinajstić information content (AvgIpc) is 3.56. The van der Waals surface area contributed by atoms with Crippen LogP contribution in [0.3, 0.4) is 0 Å². The number of benzene rings is 1. The fourth-order valence-corrected chi connectivity index (χ4v) is 5.74. The highest BCUT2D eigenvalue weighted by molar-refractivity contribution is 5.85. The average molecular weight is 610 g/mol. The Morgan fingerprint density at radius 1 is 1.02 bits per heavy atom. The van der Waals surface area contributed by atoms with Gasteiger partial charge in [-0.2, -0.15) is 0 Å². The van der Waals surface area contributed by atoms with Crippen LogP contribution in [0, 0.1) is 5.41 Å². The molecule has 1 aromatic carbocycles. The Hall–Kier alpha value is -3.10. The van der Waals surface area contributed by atoms with Crippen molar-refractivity contribution >= 4 is 23.5 Å². The van der Waals surface area contributed by atoms with E-state index < -0.39 is 0 Å². The fourth-order valence-electron chi connectivity index (χ4n) is 5.74. The minimum atomic E-state index is 0.364. The van der Waals surface area contributed by atoms with Crippen molar-refractivity contribution in [2.45, 2.75) is 105 Å². The van der Waals surface area contributed by atoms with Crippen molar-refractivity contribution in [3.63, 3.8) is 0 Å². The first kappa shape index (κ1) is 38.9. The molecule has 8 heteroatoms. The summed E-state index contributed by atoms with van der Waals surface area (Å²) in [4.78, 5) is 34.4. The number of imidazole rings is 1. The highest BCUT2D eigenvalue weighted by Crippen LogP contribution is 2.48. The number of nitrogens with one attached hydrogen (secondary N) is 1. The van der Waals surface area contributed by atoms with Gasteiger partial charge in [0.25, 0.3) is 0 Å². The summed E-state index contributed by atoms with van der Waals surface area (Å²) < 4.78 is 5.48. The number of pyridine rings is 1. The number of aromatic amines is 1. The normalized spacial score (nSPS) is 14.7. The zero-order valence-electron chi connectivity index (χ0n) is 28.4. The van der Waals surface area contributed by atoms with Crippen LogP contribution in [0.2, 0.25) is 0 Å². The first-order chi connectivity index (χ1) is 21.6. The van der Waals surface area contributed by atoms with Gasteiger partial charge in [0.2, 0.25) is 5.88 Å². The zero-order chi connectivity index (χ0) is 32.8. The van der Waals surface area contributed by atoms with Crippen molar-refractivity contribution in [3.8, 4) is 17.1 Å². The molecule has 3 heterocycles. The van der Waals surface area contributed by atoms with E-state index in [1.165, 1.54) is 58.8 Å². The number of para-hydroxylation sites is 1. The summed E-state index contributed by atoms with van der Waals surface area (Å²) in [5.41, 5.74) is 8.10. The fraction of sp³-hybridized carbons (Fsp3) is 0.611.